The van der Waals surface area contributed by atoms with Gasteiger partial charge >= 0.3 is 0 Å². The van der Waals surface area contributed by atoms with Gasteiger partial charge < -0.3 is 15.0 Å². The van der Waals surface area contributed by atoms with Crippen molar-refractivity contribution in [2.24, 2.45) is 0 Å². The number of hydrogen-bond acceptors (Lipinski definition) is 2. The lowest BCUT2D eigenvalue weighted by atomic mass is 10.0. The van der Waals surface area contributed by atoms with Crippen LogP contribution in [0.25, 0.3) is 10.9 Å². The fourth-order valence-electron chi connectivity index (χ4n) is 2.71. The predicted octanol–water partition coefficient (Wildman–Crippen LogP) is 2.52. The molecule has 0 fully saturated rings. The minimum atomic E-state index is 0.937. The maximum atomic E-state index is 5.47. The lowest BCUT2D eigenvalue weighted by molar-refractivity contribution is 0.418. The number of fused-ring (bicyclic) bond motifs is 3. The molecule has 0 radical (unpaired) electrons. The van der Waals surface area contributed by atoms with Gasteiger partial charge in [0.25, 0.3) is 0 Å². The second kappa shape index (κ2) is 4.08. The summed E-state index contributed by atoms with van der Waals surface area (Å²) in [6.07, 6.45) is 2.35. The van der Waals surface area contributed by atoms with Gasteiger partial charge in [-0.2, -0.15) is 0 Å². The summed E-state index contributed by atoms with van der Waals surface area (Å²) in [4.78, 5) is 3.52. The van der Waals surface area contributed by atoms with Crippen molar-refractivity contribution in [3.63, 3.8) is 0 Å². The number of nitrogens with one attached hydrogen (secondary N) is 2. The SMILES string of the molecule is COc1cc(C)cc2c3c([nH]c12)CNCCC3. The molecule has 1 aromatic heterocycles. The zero-order chi connectivity index (χ0) is 11.8. The predicted molar refractivity (Wildman–Crippen MR) is 69.6 cm³/mol. The minimum absolute atomic E-state index is 0.937. The largest absolute Gasteiger partial charge is 0.495 e. The minimum Gasteiger partial charge on any atom is -0.495 e. The van der Waals surface area contributed by atoms with E-state index in [-0.39, 0.29) is 0 Å². The molecule has 2 N–H and O–H groups in total. The standard InChI is InChI=1S/C14H18N2O/c1-9-6-11-10-4-3-5-15-8-12(10)16-14(11)13(7-9)17-2/h6-7,15-16H,3-5,8H2,1-2H3. The molecular weight excluding hydrogens is 212 g/mol. The van der Waals surface area contributed by atoms with Crippen LogP contribution in [0.1, 0.15) is 23.2 Å². The van der Waals surface area contributed by atoms with Gasteiger partial charge in [0.15, 0.2) is 0 Å². The number of H-pyrrole nitrogens is 1. The monoisotopic (exact) mass is 230 g/mol. The van der Waals surface area contributed by atoms with Crippen molar-refractivity contribution in [2.45, 2.75) is 26.3 Å². The molecule has 3 rings (SSSR count). The lowest BCUT2D eigenvalue weighted by Crippen LogP contribution is -2.12. The van der Waals surface area contributed by atoms with Gasteiger partial charge in [-0.3, -0.25) is 0 Å². The van der Waals surface area contributed by atoms with E-state index in [0.717, 1.165) is 30.8 Å². The number of ether oxygens (including phenoxy) is 1. The molecule has 0 saturated heterocycles. The first kappa shape index (κ1) is 10.7. The Bertz CT molecular complexity index is 557. The Morgan fingerprint density at radius 2 is 2.18 bits per heavy atom. The highest BCUT2D eigenvalue weighted by Crippen LogP contribution is 2.32. The zero-order valence-electron chi connectivity index (χ0n) is 10.4. The lowest BCUT2D eigenvalue weighted by Gasteiger charge is -2.04. The second-order valence-corrected chi connectivity index (χ2v) is 4.75. The van der Waals surface area contributed by atoms with Crippen LogP contribution < -0.4 is 10.1 Å². The molecule has 17 heavy (non-hydrogen) atoms. The smallest absolute Gasteiger partial charge is 0.143 e. The third kappa shape index (κ3) is 1.71. The number of benzene rings is 1. The Kier molecular flexibility index (Phi) is 2.56. The second-order valence-electron chi connectivity index (χ2n) is 4.75. The molecule has 1 aliphatic heterocycles. The molecule has 0 atom stereocenters. The van der Waals surface area contributed by atoms with E-state index in [1.807, 2.05) is 0 Å². The van der Waals surface area contributed by atoms with Crippen LogP contribution in [0, 0.1) is 6.92 Å². The van der Waals surface area contributed by atoms with E-state index in [4.69, 9.17) is 4.74 Å². The molecule has 0 saturated carbocycles. The summed E-state index contributed by atoms with van der Waals surface area (Å²) in [5.41, 5.74) is 5.19. The summed E-state index contributed by atoms with van der Waals surface area (Å²) in [5.74, 6) is 0.952. The first-order chi connectivity index (χ1) is 8.29. The molecule has 2 aromatic rings. The molecule has 0 bridgehead atoms. The summed E-state index contributed by atoms with van der Waals surface area (Å²) < 4.78 is 5.47. The van der Waals surface area contributed by atoms with Gasteiger partial charge in [-0.05, 0) is 49.6 Å². The number of methoxy groups -OCH3 is 1. The van der Waals surface area contributed by atoms with E-state index in [2.05, 4.69) is 29.4 Å². The maximum absolute atomic E-state index is 5.47. The highest BCUT2D eigenvalue weighted by molar-refractivity contribution is 5.90. The van der Waals surface area contributed by atoms with Gasteiger partial charge in [0.2, 0.25) is 0 Å². The molecule has 0 amide bonds. The van der Waals surface area contributed by atoms with Crippen LogP contribution in [0.3, 0.4) is 0 Å². The molecule has 1 aliphatic rings. The van der Waals surface area contributed by atoms with Gasteiger partial charge in [0, 0.05) is 17.6 Å². The highest BCUT2D eigenvalue weighted by atomic mass is 16.5. The van der Waals surface area contributed by atoms with Crippen molar-refractivity contribution < 1.29 is 4.74 Å². The fraction of sp³-hybridized carbons (Fsp3) is 0.429. The Labute approximate surface area is 101 Å². The molecular formula is C14H18N2O. The number of aryl methyl sites for hydroxylation is 2. The Morgan fingerprint density at radius 3 is 3.00 bits per heavy atom. The van der Waals surface area contributed by atoms with Crippen LogP contribution in [-0.4, -0.2) is 18.6 Å². The average molecular weight is 230 g/mol. The van der Waals surface area contributed by atoms with E-state index in [1.165, 1.54) is 28.6 Å². The molecule has 2 heterocycles. The van der Waals surface area contributed by atoms with Crippen molar-refractivity contribution >= 4 is 10.9 Å². The van der Waals surface area contributed by atoms with Crippen LogP contribution in [-0.2, 0) is 13.0 Å². The van der Waals surface area contributed by atoms with Gasteiger partial charge in [0.05, 0.1) is 12.6 Å². The van der Waals surface area contributed by atoms with Crippen LogP contribution in [0.5, 0.6) is 5.75 Å². The van der Waals surface area contributed by atoms with Crippen LogP contribution in [0.4, 0.5) is 0 Å². The topological polar surface area (TPSA) is 37.0 Å². The van der Waals surface area contributed by atoms with E-state index < -0.39 is 0 Å². The van der Waals surface area contributed by atoms with Crippen molar-refractivity contribution in [1.82, 2.24) is 10.3 Å². The molecule has 0 spiro atoms. The molecule has 3 nitrogen and oxygen atoms in total. The number of aromatic amines is 1. The summed E-state index contributed by atoms with van der Waals surface area (Å²) in [6.45, 7) is 4.16. The quantitative estimate of drug-likeness (QED) is 0.790. The summed E-state index contributed by atoms with van der Waals surface area (Å²) in [7, 11) is 1.73. The Hall–Kier alpha value is -1.48. The van der Waals surface area contributed by atoms with Crippen molar-refractivity contribution in [1.29, 1.82) is 0 Å². The summed E-state index contributed by atoms with van der Waals surface area (Å²) >= 11 is 0. The molecule has 1 aromatic carbocycles. The van der Waals surface area contributed by atoms with Crippen molar-refractivity contribution in [2.75, 3.05) is 13.7 Å². The summed E-state index contributed by atoms with van der Waals surface area (Å²) in [5, 5.41) is 4.78. The Morgan fingerprint density at radius 1 is 1.29 bits per heavy atom. The normalized spacial score (nSPS) is 15.6. The van der Waals surface area contributed by atoms with Crippen LogP contribution in [0.2, 0.25) is 0 Å². The fourth-order valence-corrected chi connectivity index (χ4v) is 2.71. The van der Waals surface area contributed by atoms with Crippen molar-refractivity contribution in [3.8, 4) is 5.75 Å². The van der Waals surface area contributed by atoms with E-state index in [1.54, 1.807) is 7.11 Å². The zero-order valence-corrected chi connectivity index (χ0v) is 10.4. The molecule has 3 heteroatoms. The Balaban J connectivity index is 2.27. The van der Waals surface area contributed by atoms with Crippen LogP contribution in [0.15, 0.2) is 12.1 Å². The third-order valence-corrected chi connectivity index (χ3v) is 3.51. The van der Waals surface area contributed by atoms with Gasteiger partial charge in [-0.25, -0.2) is 0 Å². The van der Waals surface area contributed by atoms with E-state index >= 15 is 0 Å². The molecule has 0 aliphatic carbocycles. The van der Waals surface area contributed by atoms with E-state index in [0.29, 0.717) is 0 Å². The van der Waals surface area contributed by atoms with Crippen LogP contribution >= 0.6 is 0 Å². The highest BCUT2D eigenvalue weighted by Gasteiger charge is 2.16. The van der Waals surface area contributed by atoms with Gasteiger partial charge in [-0.1, -0.05) is 0 Å². The number of hydrogen-bond donors (Lipinski definition) is 2. The number of aromatic nitrogens is 1. The van der Waals surface area contributed by atoms with E-state index in [9.17, 15) is 0 Å². The summed E-state index contributed by atoms with van der Waals surface area (Å²) in [6, 6.07) is 4.35. The number of rotatable bonds is 1. The van der Waals surface area contributed by atoms with Gasteiger partial charge in [0.1, 0.15) is 5.75 Å². The first-order valence-corrected chi connectivity index (χ1v) is 6.18. The molecule has 90 valence electrons. The van der Waals surface area contributed by atoms with Gasteiger partial charge in [-0.15, -0.1) is 0 Å². The third-order valence-electron chi connectivity index (χ3n) is 3.51. The van der Waals surface area contributed by atoms with Crippen molar-refractivity contribution in [3.05, 3.63) is 29.0 Å². The molecule has 0 unspecified atom stereocenters. The first-order valence-electron chi connectivity index (χ1n) is 6.18. The average Bonchev–Trinajstić information content (AvgIpc) is 2.53. The maximum Gasteiger partial charge on any atom is 0.143 e.